The van der Waals surface area contributed by atoms with Crippen molar-refractivity contribution in [2.24, 2.45) is 5.92 Å². The van der Waals surface area contributed by atoms with Gasteiger partial charge < -0.3 is 10.1 Å². The Bertz CT molecular complexity index is 1030. The molecule has 0 saturated heterocycles. The number of hydrogen-bond donors (Lipinski definition) is 1. The third-order valence-electron chi connectivity index (χ3n) is 4.48. The molecule has 8 heteroatoms. The molecule has 1 aliphatic carbocycles. The first-order valence-electron chi connectivity index (χ1n) is 9.09. The number of rotatable bonds is 7. The van der Waals surface area contributed by atoms with E-state index in [0.29, 0.717) is 23.0 Å². The Labute approximate surface area is 169 Å². The molecular formula is C21H17F3N2O2S. The molecule has 0 aliphatic heterocycles. The maximum atomic E-state index is 14.5. The topological polar surface area (TPSA) is 51.2 Å². The maximum absolute atomic E-state index is 14.5. The van der Waals surface area contributed by atoms with Crippen LogP contribution in [0.1, 0.15) is 28.9 Å². The monoisotopic (exact) mass is 418 g/mol. The van der Waals surface area contributed by atoms with Gasteiger partial charge in [0.2, 0.25) is 0 Å². The van der Waals surface area contributed by atoms with Crippen molar-refractivity contribution in [1.29, 1.82) is 0 Å². The zero-order valence-corrected chi connectivity index (χ0v) is 16.1. The van der Waals surface area contributed by atoms with Gasteiger partial charge in [0.05, 0.1) is 0 Å². The molecule has 4 rings (SSSR count). The number of ether oxygens (including phenoxy) is 1. The minimum absolute atomic E-state index is 0.101. The molecule has 150 valence electrons. The predicted molar refractivity (Wildman–Crippen MR) is 103 cm³/mol. The van der Waals surface area contributed by atoms with Gasteiger partial charge in [-0.15, -0.1) is 11.3 Å². The molecule has 0 bridgehead atoms. The minimum atomic E-state index is -0.703. The number of benzene rings is 2. The van der Waals surface area contributed by atoms with Crippen LogP contribution < -0.4 is 10.1 Å². The van der Waals surface area contributed by atoms with Gasteiger partial charge in [0.25, 0.3) is 5.91 Å². The van der Waals surface area contributed by atoms with E-state index in [1.807, 2.05) is 0 Å². The Balaban J connectivity index is 1.42. The number of nitrogens with one attached hydrogen (secondary N) is 1. The van der Waals surface area contributed by atoms with Crippen LogP contribution in [0, 0.1) is 23.4 Å². The van der Waals surface area contributed by atoms with E-state index in [0.717, 1.165) is 31.0 Å². The highest BCUT2D eigenvalue weighted by Gasteiger charge is 2.22. The summed E-state index contributed by atoms with van der Waals surface area (Å²) in [5.41, 5.74) is 0.813. The van der Waals surface area contributed by atoms with E-state index in [1.165, 1.54) is 23.5 Å². The molecule has 29 heavy (non-hydrogen) atoms. The average Bonchev–Trinajstić information content (AvgIpc) is 3.38. The van der Waals surface area contributed by atoms with E-state index in [-0.39, 0.29) is 29.5 Å². The zero-order chi connectivity index (χ0) is 20.4. The molecule has 0 unspecified atom stereocenters. The Hall–Kier alpha value is -2.87. The molecular weight excluding hydrogens is 401 g/mol. The summed E-state index contributed by atoms with van der Waals surface area (Å²) in [4.78, 5) is 16.3. The molecule has 0 atom stereocenters. The maximum Gasteiger partial charge on any atom is 0.270 e. The first kappa shape index (κ1) is 19.4. The van der Waals surface area contributed by atoms with Crippen LogP contribution in [0.15, 0.2) is 41.8 Å². The third-order valence-corrected chi connectivity index (χ3v) is 5.36. The molecule has 1 saturated carbocycles. The van der Waals surface area contributed by atoms with Gasteiger partial charge in [-0.05, 0) is 48.6 Å². The second kappa shape index (κ2) is 8.24. The Morgan fingerprint density at radius 3 is 2.59 bits per heavy atom. The van der Waals surface area contributed by atoms with Crippen LogP contribution in [0.3, 0.4) is 0 Å². The Morgan fingerprint density at radius 1 is 1.14 bits per heavy atom. The molecule has 1 amide bonds. The van der Waals surface area contributed by atoms with E-state index in [9.17, 15) is 18.0 Å². The van der Waals surface area contributed by atoms with Crippen LogP contribution in [-0.2, 0) is 6.61 Å². The zero-order valence-electron chi connectivity index (χ0n) is 15.3. The number of aromatic nitrogens is 1. The number of thiazole rings is 1. The summed E-state index contributed by atoms with van der Waals surface area (Å²) in [6.07, 6.45) is 2.27. The largest absolute Gasteiger partial charge is 0.489 e. The number of nitrogens with zero attached hydrogens (tertiary/aromatic N) is 1. The van der Waals surface area contributed by atoms with Crippen LogP contribution >= 0.6 is 11.3 Å². The number of amides is 1. The van der Waals surface area contributed by atoms with Crippen molar-refractivity contribution in [2.45, 2.75) is 19.4 Å². The molecule has 0 radical (unpaired) electrons. The molecule has 1 aromatic heterocycles. The average molecular weight is 418 g/mol. The highest BCUT2D eigenvalue weighted by atomic mass is 32.1. The van der Waals surface area contributed by atoms with Crippen LogP contribution in [0.25, 0.3) is 10.6 Å². The molecule has 1 heterocycles. The fourth-order valence-corrected chi connectivity index (χ4v) is 3.60. The summed E-state index contributed by atoms with van der Waals surface area (Å²) in [5.74, 6) is -1.45. The van der Waals surface area contributed by atoms with Gasteiger partial charge in [0, 0.05) is 29.6 Å². The molecule has 4 nitrogen and oxygen atoms in total. The van der Waals surface area contributed by atoms with Gasteiger partial charge in [0.1, 0.15) is 40.5 Å². The summed E-state index contributed by atoms with van der Waals surface area (Å²) in [6.45, 7) is 0.539. The highest BCUT2D eigenvalue weighted by Crippen LogP contribution is 2.30. The molecule has 3 aromatic rings. The second-order valence-corrected chi connectivity index (χ2v) is 7.76. The van der Waals surface area contributed by atoms with Crippen LogP contribution in [0.2, 0.25) is 0 Å². The van der Waals surface area contributed by atoms with Gasteiger partial charge in [0.15, 0.2) is 0 Å². The van der Waals surface area contributed by atoms with Gasteiger partial charge in [-0.2, -0.15) is 0 Å². The van der Waals surface area contributed by atoms with Gasteiger partial charge >= 0.3 is 0 Å². The van der Waals surface area contributed by atoms with Crippen molar-refractivity contribution in [3.8, 4) is 16.3 Å². The third kappa shape index (κ3) is 4.95. The lowest BCUT2D eigenvalue weighted by molar-refractivity contribution is 0.0947. The molecule has 1 N–H and O–H groups in total. The second-order valence-electron chi connectivity index (χ2n) is 6.90. The Morgan fingerprint density at radius 2 is 1.90 bits per heavy atom. The Kier molecular flexibility index (Phi) is 5.53. The van der Waals surface area contributed by atoms with Crippen molar-refractivity contribution in [1.82, 2.24) is 10.3 Å². The highest BCUT2D eigenvalue weighted by molar-refractivity contribution is 7.13. The van der Waals surface area contributed by atoms with Crippen LogP contribution in [-0.4, -0.2) is 17.4 Å². The quantitative estimate of drug-likeness (QED) is 0.591. The summed E-state index contributed by atoms with van der Waals surface area (Å²) in [5, 5.41) is 4.81. The number of hydrogen-bond acceptors (Lipinski definition) is 4. The summed E-state index contributed by atoms with van der Waals surface area (Å²) >= 11 is 1.18. The van der Waals surface area contributed by atoms with Crippen LogP contribution in [0.4, 0.5) is 13.2 Å². The van der Waals surface area contributed by atoms with E-state index >= 15 is 0 Å². The molecule has 1 aliphatic rings. The predicted octanol–water partition coefficient (Wildman–Crippen LogP) is 4.95. The number of halogens is 3. The van der Waals surface area contributed by atoms with Gasteiger partial charge in [-0.25, -0.2) is 18.2 Å². The fourth-order valence-electron chi connectivity index (χ4n) is 2.77. The lowest BCUT2D eigenvalue weighted by Gasteiger charge is -2.08. The summed E-state index contributed by atoms with van der Waals surface area (Å²) in [6, 6.07) is 7.30. The van der Waals surface area contributed by atoms with Crippen molar-refractivity contribution >= 4 is 17.2 Å². The van der Waals surface area contributed by atoms with E-state index in [4.69, 9.17) is 4.74 Å². The standard InChI is InChI=1S/C21H17F3N2O2S/c22-14-5-13(6-15(23)7-14)10-28-16-3-4-17(18(24)8-16)21-26-19(11-29-21)20(27)25-9-12-1-2-12/h3-8,11-12H,1-2,9-10H2,(H,25,27). The lowest BCUT2D eigenvalue weighted by atomic mass is 10.2. The summed E-state index contributed by atoms with van der Waals surface area (Å²) < 4.78 is 46.4. The van der Waals surface area contributed by atoms with Gasteiger partial charge in [-0.1, -0.05) is 0 Å². The summed E-state index contributed by atoms with van der Waals surface area (Å²) in [7, 11) is 0. The van der Waals surface area contributed by atoms with Gasteiger partial charge in [-0.3, -0.25) is 4.79 Å². The van der Waals surface area contributed by atoms with Crippen molar-refractivity contribution in [2.75, 3.05) is 6.54 Å². The molecule has 1 fully saturated rings. The first-order valence-corrected chi connectivity index (χ1v) is 9.97. The van der Waals surface area contributed by atoms with Crippen molar-refractivity contribution in [3.05, 3.63) is 70.5 Å². The lowest BCUT2D eigenvalue weighted by Crippen LogP contribution is -2.25. The fraction of sp³-hybridized carbons (Fsp3) is 0.238. The van der Waals surface area contributed by atoms with E-state index in [2.05, 4.69) is 10.3 Å². The molecule has 2 aromatic carbocycles. The minimum Gasteiger partial charge on any atom is -0.489 e. The van der Waals surface area contributed by atoms with Crippen molar-refractivity contribution in [3.63, 3.8) is 0 Å². The smallest absolute Gasteiger partial charge is 0.270 e. The van der Waals surface area contributed by atoms with E-state index < -0.39 is 17.5 Å². The number of carbonyl (C=O) groups excluding carboxylic acids is 1. The van der Waals surface area contributed by atoms with Crippen LogP contribution in [0.5, 0.6) is 5.75 Å². The first-order chi connectivity index (χ1) is 14.0. The van der Waals surface area contributed by atoms with Crippen molar-refractivity contribution < 1.29 is 22.7 Å². The molecule has 0 spiro atoms. The SMILES string of the molecule is O=C(NCC1CC1)c1csc(-c2ccc(OCc3cc(F)cc(F)c3)cc2F)n1. The normalized spacial score (nSPS) is 13.3. The number of carbonyl (C=O) groups is 1. The van der Waals surface area contributed by atoms with E-state index in [1.54, 1.807) is 11.4 Å².